The lowest BCUT2D eigenvalue weighted by atomic mass is 10.1. The zero-order chi connectivity index (χ0) is 16.8. The predicted octanol–water partition coefficient (Wildman–Crippen LogP) is 2.35. The van der Waals surface area contributed by atoms with Gasteiger partial charge >= 0.3 is 0 Å². The molecule has 1 fully saturated rings. The fourth-order valence-corrected chi connectivity index (χ4v) is 2.62. The molecule has 124 valence electrons. The summed E-state index contributed by atoms with van der Waals surface area (Å²) in [5.74, 6) is -0.973. The molecule has 1 aliphatic heterocycles. The minimum absolute atomic E-state index is 0.123. The number of amides is 1. The zero-order valence-corrected chi connectivity index (χ0v) is 13.0. The van der Waals surface area contributed by atoms with Crippen LogP contribution < -0.4 is 5.32 Å². The van der Waals surface area contributed by atoms with Gasteiger partial charge in [-0.05, 0) is 37.6 Å². The molecular formula is C16H20FN3O3. The van der Waals surface area contributed by atoms with E-state index < -0.39 is 10.7 Å². The normalized spacial score (nSPS) is 16.6. The van der Waals surface area contributed by atoms with Crippen molar-refractivity contribution in [2.45, 2.75) is 25.8 Å². The molecule has 0 radical (unpaired) electrons. The summed E-state index contributed by atoms with van der Waals surface area (Å²) in [5.41, 5.74) is -0.155. The van der Waals surface area contributed by atoms with Crippen LogP contribution in [0, 0.1) is 15.9 Å². The second kappa shape index (κ2) is 7.82. The highest BCUT2D eigenvalue weighted by atomic mass is 19.1. The zero-order valence-electron chi connectivity index (χ0n) is 13.0. The summed E-state index contributed by atoms with van der Waals surface area (Å²) in [6.07, 6.45) is 4.38. The number of carbonyl (C=O) groups is 1. The molecule has 2 rings (SSSR count). The van der Waals surface area contributed by atoms with E-state index in [4.69, 9.17) is 0 Å². The van der Waals surface area contributed by atoms with Crippen molar-refractivity contribution in [1.82, 2.24) is 10.2 Å². The Kier molecular flexibility index (Phi) is 5.81. The lowest BCUT2D eigenvalue weighted by Gasteiger charge is -2.31. The number of likely N-dealkylation sites (tertiary alicyclic amines) is 1. The molecule has 1 aromatic carbocycles. The van der Waals surface area contributed by atoms with E-state index in [2.05, 4.69) is 17.1 Å². The van der Waals surface area contributed by atoms with E-state index in [0.717, 1.165) is 44.6 Å². The second-order valence-corrected chi connectivity index (χ2v) is 5.51. The molecule has 1 amide bonds. The molecule has 7 heteroatoms. The Hall–Kier alpha value is -2.28. The Balaban J connectivity index is 1.95. The van der Waals surface area contributed by atoms with Crippen molar-refractivity contribution in [3.05, 3.63) is 45.8 Å². The minimum atomic E-state index is -0.680. The van der Waals surface area contributed by atoms with E-state index in [1.165, 1.54) is 18.2 Å². The summed E-state index contributed by atoms with van der Waals surface area (Å²) >= 11 is 0. The van der Waals surface area contributed by atoms with Crippen LogP contribution >= 0.6 is 0 Å². The van der Waals surface area contributed by atoms with Crippen LogP contribution in [0.1, 0.15) is 25.3 Å². The van der Waals surface area contributed by atoms with Gasteiger partial charge in [0.25, 0.3) is 5.69 Å². The smallest absolute Gasteiger partial charge is 0.279 e. The highest BCUT2D eigenvalue weighted by Gasteiger charge is 2.19. The van der Waals surface area contributed by atoms with E-state index in [1.54, 1.807) is 0 Å². The average molecular weight is 321 g/mol. The molecule has 0 atom stereocenters. The number of rotatable bonds is 5. The number of nitrogens with zero attached hydrogens (tertiary/aromatic N) is 2. The molecule has 1 heterocycles. The van der Waals surface area contributed by atoms with E-state index in [-0.39, 0.29) is 23.2 Å². The number of carbonyl (C=O) groups excluding carboxylic acids is 1. The van der Waals surface area contributed by atoms with Crippen LogP contribution in [0.4, 0.5) is 10.1 Å². The average Bonchev–Trinajstić information content (AvgIpc) is 2.54. The van der Waals surface area contributed by atoms with Crippen LogP contribution in [-0.4, -0.2) is 41.4 Å². The summed E-state index contributed by atoms with van der Waals surface area (Å²) in [5, 5.41) is 13.8. The molecule has 6 nitrogen and oxygen atoms in total. The molecule has 0 unspecified atom stereocenters. The first-order valence-corrected chi connectivity index (χ1v) is 7.64. The first kappa shape index (κ1) is 17.1. The lowest BCUT2D eigenvalue weighted by molar-refractivity contribution is -0.385. The summed E-state index contributed by atoms with van der Waals surface area (Å²) in [6.45, 7) is 5.02. The van der Waals surface area contributed by atoms with Gasteiger partial charge < -0.3 is 10.2 Å². The highest BCUT2D eigenvalue weighted by molar-refractivity contribution is 5.92. The number of hydrogen-bond donors (Lipinski definition) is 1. The highest BCUT2D eigenvalue weighted by Crippen LogP contribution is 2.21. The van der Waals surface area contributed by atoms with Crippen molar-refractivity contribution in [2.75, 3.05) is 19.6 Å². The van der Waals surface area contributed by atoms with Gasteiger partial charge in [-0.2, -0.15) is 0 Å². The van der Waals surface area contributed by atoms with E-state index >= 15 is 0 Å². The number of halogens is 1. The van der Waals surface area contributed by atoms with Gasteiger partial charge in [0, 0.05) is 25.2 Å². The maximum absolute atomic E-state index is 13.1. The van der Waals surface area contributed by atoms with Crippen LogP contribution in [0.3, 0.4) is 0 Å². The van der Waals surface area contributed by atoms with Crippen LogP contribution in [0.25, 0.3) is 6.08 Å². The van der Waals surface area contributed by atoms with Crippen LogP contribution in [0.2, 0.25) is 0 Å². The number of piperidine rings is 1. The van der Waals surface area contributed by atoms with Crippen molar-refractivity contribution in [3.63, 3.8) is 0 Å². The molecule has 23 heavy (non-hydrogen) atoms. The van der Waals surface area contributed by atoms with Crippen molar-refractivity contribution < 1.29 is 14.1 Å². The maximum atomic E-state index is 13.1. The molecule has 1 aromatic rings. The van der Waals surface area contributed by atoms with Gasteiger partial charge in [-0.1, -0.05) is 6.92 Å². The van der Waals surface area contributed by atoms with Gasteiger partial charge in [0.15, 0.2) is 0 Å². The lowest BCUT2D eigenvalue weighted by Crippen LogP contribution is -2.44. The number of hydrogen-bond acceptors (Lipinski definition) is 4. The maximum Gasteiger partial charge on any atom is 0.279 e. The first-order valence-electron chi connectivity index (χ1n) is 7.64. The quantitative estimate of drug-likeness (QED) is 0.513. The van der Waals surface area contributed by atoms with E-state index in [0.29, 0.717) is 0 Å². The molecule has 0 aromatic heterocycles. The molecule has 0 bridgehead atoms. The van der Waals surface area contributed by atoms with Crippen molar-refractivity contribution in [1.29, 1.82) is 0 Å². The van der Waals surface area contributed by atoms with Crippen LogP contribution in [0.15, 0.2) is 24.3 Å². The van der Waals surface area contributed by atoms with Gasteiger partial charge in [-0.3, -0.25) is 14.9 Å². The second-order valence-electron chi connectivity index (χ2n) is 5.51. The summed E-state index contributed by atoms with van der Waals surface area (Å²) in [4.78, 5) is 24.5. The minimum Gasteiger partial charge on any atom is -0.350 e. The summed E-state index contributed by atoms with van der Waals surface area (Å²) in [6, 6.07) is 3.39. The summed E-state index contributed by atoms with van der Waals surface area (Å²) in [7, 11) is 0. The third-order valence-corrected chi connectivity index (χ3v) is 3.98. The Morgan fingerprint density at radius 3 is 2.78 bits per heavy atom. The third kappa shape index (κ3) is 4.85. The van der Waals surface area contributed by atoms with Gasteiger partial charge in [-0.25, -0.2) is 4.39 Å². The number of benzene rings is 1. The Bertz CT molecular complexity index is 611. The molecule has 1 N–H and O–H groups in total. The van der Waals surface area contributed by atoms with Gasteiger partial charge in [0.1, 0.15) is 5.82 Å². The number of nitro benzene ring substituents is 1. The molecule has 0 spiro atoms. The Morgan fingerprint density at radius 2 is 2.17 bits per heavy atom. The van der Waals surface area contributed by atoms with Crippen molar-refractivity contribution >= 4 is 17.7 Å². The number of nitro groups is 1. The monoisotopic (exact) mass is 321 g/mol. The number of nitrogens with one attached hydrogen (secondary N) is 1. The van der Waals surface area contributed by atoms with Crippen LogP contribution in [0.5, 0.6) is 0 Å². The Labute approximate surface area is 134 Å². The topological polar surface area (TPSA) is 75.5 Å². The Morgan fingerprint density at radius 1 is 1.48 bits per heavy atom. The van der Waals surface area contributed by atoms with Gasteiger partial charge in [0.05, 0.1) is 16.6 Å². The third-order valence-electron chi connectivity index (χ3n) is 3.98. The fraction of sp³-hybridized carbons (Fsp3) is 0.438. The molecular weight excluding hydrogens is 301 g/mol. The molecule has 0 saturated carbocycles. The first-order chi connectivity index (χ1) is 11.0. The SMILES string of the molecule is CCN1CCC(NC(=O)/C=C/c2ccc(F)cc2[N+](=O)[O-])CC1. The summed E-state index contributed by atoms with van der Waals surface area (Å²) < 4.78 is 13.1. The van der Waals surface area contributed by atoms with Crippen LogP contribution in [-0.2, 0) is 4.79 Å². The van der Waals surface area contributed by atoms with E-state index in [9.17, 15) is 19.3 Å². The van der Waals surface area contributed by atoms with Gasteiger partial charge in [0.2, 0.25) is 5.91 Å². The molecule has 1 aliphatic rings. The molecule has 1 saturated heterocycles. The van der Waals surface area contributed by atoms with E-state index in [1.807, 2.05) is 0 Å². The largest absolute Gasteiger partial charge is 0.350 e. The van der Waals surface area contributed by atoms with Crippen molar-refractivity contribution in [3.8, 4) is 0 Å². The van der Waals surface area contributed by atoms with Crippen molar-refractivity contribution in [2.24, 2.45) is 0 Å². The van der Waals surface area contributed by atoms with Gasteiger partial charge in [-0.15, -0.1) is 0 Å². The molecule has 0 aliphatic carbocycles. The fourth-order valence-electron chi connectivity index (χ4n) is 2.62. The standard InChI is InChI=1S/C16H20FN3O3/c1-2-19-9-7-14(8-10-19)18-16(21)6-4-12-3-5-13(17)11-15(12)20(22)23/h3-6,11,14H,2,7-10H2,1H3,(H,18,21)/b6-4+. The predicted molar refractivity (Wildman–Crippen MR) is 85.4 cm³/mol.